The van der Waals surface area contributed by atoms with E-state index >= 15 is 0 Å². The van der Waals surface area contributed by atoms with Gasteiger partial charge in [-0.25, -0.2) is 13.2 Å². The van der Waals surface area contributed by atoms with E-state index in [1.165, 1.54) is 24.3 Å². The van der Waals surface area contributed by atoms with Gasteiger partial charge < -0.3 is 11.1 Å². The van der Waals surface area contributed by atoms with Gasteiger partial charge in [-0.05, 0) is 36.8 Å². The van der Waals surface area contributed by atoms with Crippen molar-refractivity contribution in [2.75, 3.05) is 11.1 Å². The van der Waals surface area contributed by atoms with Crippen LogP contribution in [0, 0.1) is 12.7 Å². The molecule has 5 heteroatoms. The van der Waals surface area contributed by atoms with Gasteiger partial charge in [-0.2, -0.15) is 0 Å². The van der Waals surface area contributed by atoms with Crippen molar-refractivity contribution in [3.8, 4) is 0 Å². The van der Waals surface area contributed by atoms with Crippen molar-refractivity contribution in [2.24, 2.45) is 0 Å². The highest BCUT2D eigenvalue weighted by Crippen LogP contribution is 2.32. The average molecular weight is 266 g/mol. The summed E-state index contributed by atoms with van der Waals surface area (Å²) in [7, 11) is 0. The van der Waals surface area contributed by atoms with Gasteiger partial charge in [0.1, 0.15) is 5.82 Å². The van der Waals surface area contributed by atoms with E-state index in [2.05, 4.69) is 5.32 Å². The molecule has 2 aromatic rings. The Morgan fingerprint density at radius 2 is 1.89 bits per heavy atom. The summed E-state index contributed by atoms with van der Waals surface area (Å²) < 4.78 is 39.5. The summed E-state index contributed by atoms with van der Waals surface area (Å²) in [6.45, 7) is 1.70. The Kier molecular flexibility index (Phi) is 3.64. The van der Waals surface area contributed by atoms with Crippen LogP contribution in [0.5, 0.6) is 0 Å². The van der Waals surface area contributed by atoms with Gasteiger partial charge in [-0.3, -0.25) is 0 Å². The van der Waals surface area contributed by atoms with Gasteiger partial charge in [0.05, 0.1) is 5.69 Å². The van der Waals surface area contributed by atoms with Crippen molar-refractivity contribution in [3.05, 3.63) is 53.3 Å². The van der Waals surface area contributed by atoms with E-state index in [0.29, 0.717) is 5.56 Å². The summed E-state index contributed by atoms with van der Waals surface area (Å²) in [5.74, 6) is -0.489. The minimum atomic E-state index is -2.68. The highest BCUT2D eigenvalue weighted by atomic mass is 19.3. The summed E-state index contributed by atoms with van der Waals surface area (Å²) in [6, 6.07) is 8.63. The highest BCUT2D eigenvalue weighted by Gasteiger charge is 2.15. The normalized spacial score (nSPS) is 10.8. The minimum Gasteiger partial charge on any atom is -0.399 e. The second-order valence-corrected chi connectivity index (χ2v) is 4.20. The van der Waals surface area contributed by atoms with E-state index in [0.717, 1.165) is 0 Å². The molecular weight excluding hydrogens is 253 g/mol. The van der Waals surface area contributed by atoms with Crippen LogP contribution in [0.1, 0.15) is 17.6 Å². The van der Waals surface area contributed by atoms with Crippen LogP contribution in [0.3, 0.4) is 0 Å². The van der Waals surface area contributed by atoms with E-state index in [-0.39, 0.29) is 22.6 Å². The number of para-hydroxylation sites is 1. The van der Waals surface area contributed by atoms with Gasteiger partial charge in [0.15, 0.2) is 0 Å². The van der Waals surface area contributed by atoms with Gasteiger partial charge in [0.2, 0.25) is 0 Å². The van der Waals surface area contributed by atoms with Crippen LogP contribution >= 0.6 is 0 Å². The van der Waals surface area contributed by atoms with Crippen LogP contribution in [-0.4, -0.2) is 0 Å². The molecule has 2 aromatic carbocycles. The molecule has 3 N–H and O–H groups in total. The molecule has 0 aliphatic heterocycles. The summed E-state index contributed by atoms with van der Waals surface area (Å²) in [5.41, 5.74) is 6.45. The molecule has 0 atom stereocenters. The third kappa shape index (κ3) is 2.81. The summed E-state index contributed by atoms with van der Waals surface area (Å²) >= 11 is 0. The zero-order valence-electron chi connectivity index (χ0n) is 10.3. The minimum absolute atomic E-state index is 0.150. The van der Waals surface area contributed by atoms with Crippen molar-refractivity contribution in [3.63, 3.8) is 0 Å². The summed E-state index contributed by atoms with van der Waals surface area (Å²) in [4.78, 5) is 0. The molecular formula is C14H13F3N2. The Hall–Kier alpha value is -2.17. The molecule has 0 spiro atoms. The quantitative estimate of drug-likeness (QED) is 0.808. The van der Waals surface area contributed by atoms with Crippen LogP contribution < -0.4 is 11.1 Å². The fourth-order valence-electron chi connectivity index (χ4n) is 1.80. The third-order valence-electron chi connectivity index (χ3n) is 2.79. The molecule has 0 unspecified atom stereocenters. The monoisotopic (exact) mass is 266 g/mol. The number of rotatable bonds is 3. The fraction of sp³-hybridized carbons (Fsp3) is 0.143. The standard InChI is InChI=1S/C14H13F3N2/c1-8-3-2-4-11(15)13(8)19-12-6-5-9(18)7-10(12)14(16)17/h2-7,14,19H,18H2,1H3. The Balaban J connectivity index is 2.44. The van der Waals surface area contributed by atoms with Crippen molar-refractivity contribution >= 4 is 17.1 Å². The van der Waals surface area contributed by atoms with Gasteiger partial charge in [0.25, 0.3) is 6.43 Å². The second kappa shape index (κ2) is 5.22. The van der Waals surface area contributed by atoms with E-state index in [1.54, 1.807) is 19.1 Å². The Morgan fingerprint density at radius 1 is 1.16 bits per heavy atom. The van der Waals surface area contributed by atoms with Crippen molar-refractivity contribution in [2.45, 2.75) is 13.3 Å². The lowest BCUT2D eigenvalue weighted by Gasteiger charge is -2.14. The number of nitrogen functional groups attached to an aromatic ring is 1. The molecule has 0 saturated carbocycles. The number of nitrogens with two attached hydrogens (primary N) is 1. The largest absolute Gasteiger partial charge is 0.399 e. The fourth-order valence-corrected chi connectivity index (χ4v) is 1.80. The number of aryl methyl sites for hydroxylation is 1. The first-order chi connectivity index (χ1) is 8.99. The number of benzene rings is 2. The van der Waals surface area contributed by atoms with Crippen molar-refractivity contribution < 1.29 is 13.2 Å². The van der Waals surface area contributed by atoms with Crippen LogP contribution in [0.2, 0.25) is 0 Å². The van der Waals surface area contributed by atoms with Gasteiger partial charge in [0, 0.05) is 16.9 Å². The van der Waals surface area contributed by atoms with Crippen LogP contribution in [-0.2, 0) is 0 Å². The summed E-state index contributed by atoms with van der Waals surface area (Å²) in [6.07, 6.45) is -2.68. The zero-order valence-corrected chi connectivity index (χ0v) is 10.3. The molecule has 0 aliphatic carbocycles. The predicted molar refractivity (Wildman–Crippen MR) is 70.2 cm³/mol. The third-order valence-corrected chi connectivity index (χ3v) is 2.79. The summed E-state index contributed by atoms with van der Waals surface area (Å²) in [5, 5.41) is 2.71. The molecule has 2 rings (SSSR count). The Labute approximate surface area is 109 Å². The maximum Gasteiger partial charge on any atom is 0.265 e. The number of hydrogen-bond donors (Lipinski definition) is 2. The van der Waals surface area contributed by atoms with Gasteiger partial charge in [-0.1, -0.05) is 12.1 Å². The molecule has 0 fully saturated rings. The predicted octanol–water partition coefficient (Wildman–Crippen LogP) is 4.40. The van der Waals surface area contributed by atoms with Crippen LogP contribution in [0.15, 0.2) is 36.4 Å². The Bertz CT molecular complexity index is 577. The zero-order chi connectivity index (χ0) is 14.0. The van der Waals surface area contributed by atoms with Gasteiger partial charge in [-0.15, -0.1) is 0 Å². The lowest BCUT2D eigenvalue weighted by Crippen LogP contribution is -2.01. The van der Waals surface area contributed by atoms with E-state index < -0.39 is 12.2 Å². The number of anilines is 3. The van der Waals surface area contributed by atoms with E-state index in [9.17, 15) is 13.2 Å². The topological polar surface area (TPSA) is 38.0 Å². The van der Waals surface area contributed by atoms with E-state index in [1.807, 2.05) is 0 Å². The molecule has 0 heterocycles. The molecule has 0 aromatic heterocycles. The first kappa shape index (κ1) is 13.3. The first-order valence-corrected chi connectivity index (χ1v) is 5.68. The first-order valence-electron chi connectivity index (χ1n) is 5.68. The highest BCUT2D eigenvalue weighted by molar-refractivity contribution is 5.68. The lowest BCUT2D eigenvalue weighted by molar-refractivity contribution is 0.152. The van der Waals surface area contributed by atoms with Gasteiger partial charge >= 0.3 is 0 Å². The smallest absolute Gasteiger partial charge is 0.265 e. The molecule has 2 nitrogen and oxygen atoms in total. The molecule has 0 bridgehead atoms. The SMILES string of the molecule is Cc1cccc(F)c1Nc1ccc(N)cc1C(F)F. The van der Waals surface area contributed by atoms with Crippen LogP contribution in [0.4, 0.5) is 30.2 Å². The lowest BCUT2D eigenvalue weighted by atomic mass is 10.1. The molecule has 0 radical (unpaired) electrons. The van der Waals surface area contributed by atoms with E-state index in [4.69, 9.17) is 5.73 Å². The number of hydrogen-bond acceptors (Lipinski definition) is 2. The molecule has 0 aliphatic rings. The number of alkyl halides is 2. The molecule has 100 valence electrons. The van der Waals surface area contributed by atoms with Crippen molar-refractivity contribution in [1.82, 2.24) is 0 Å². The number of nitrogens with one attached hydrogen (secondary N) is 1. The van der Waals surface area contributed by atoms with Crippen LogP contribution in [0.25, 0.3) is 0 Å². The maximum atomic E-state index is 13.7. The maximum absolute atomic E-state index is 13.7. The molecule has 0 saturated heterocycles. The second-order valence-electron chi connectivity index (χ2n) is 4.20. The average Bonchev–Trinajstić information content (AvgIpc) is 2.35. The molecule has 0 amide bonds. The van der Waals surface area contributed by atoms with Crippen molar-refractivity contribution in [1.29, 1.82) is 0 Å². The Morgan fingerprint density at radius 3 is 2.53 bits per heavy atom. The number of halogens is 3. The molecule has 19 heavy (non-hydrogen) atoms.